The van der Waals surface area contributed by atoms with Crippen molar-refractivity contribution >= 4 is 5.97 Å². The van der Waals surface area contributed by atoms with Crippen LogP contribution >= 0.6 is 0 Å². The molecule has 0 spiro atoms. The van der Waals surface area contributed by atoms with E-state index in [0.717, 1.165) is 6.54 Å². The van der Waals surface area contributed by atoms with E-state index in [1.54, 1.807) is 24.3 Å². The maximum absolute atomic E-state index is 11.5. The van der Waals surface area contributed by atoms with E-state index in [1.165, 1.54) is 18.2 Å². The second-order valence-electron chi connectivity index (χ2n) is 4.68. The number of esters is 1. The zero-order valence-corrected chi connectivity index (χ0v) is 14.5. The van der Waals surface area contributed by atoms with Crippen molar-refractivity contribution in [3.63, 3.8) is 0 Å². The summed E-state index contributed by atoms with van der Waals surface area (Å²) in [6.07, 6.45) is 7.99. The minimum Gasteiger partial charge on any atom is -0.464 e. The van der Waals surface area contributed by atoms with Crippen molar-refractivity contribution in [1.29, 1.82) is 10.5 Å². The topological polar surface area (TPSA) is 94.6 Å². The Morgan fingerprint density at radius 3 is 2.58 bits per heavy atom. The largest absolute Gasteiger partial charge is 0.464 e. The van der Waals surface area contributed by atoms with Crippen molar-refractivity contribution in [3.05, 3.63) is 70.2 Å². The highest BCUT2D eigenvalue weighted by Crippen LogP contribution is 2.11. The summed E-state index contributed by atoms with van der Waals surface area (Å²) in [4.78, 5) is 17.7. The van der Waals surface area contributed by atoms with Crippen LogP contribution in [0.2, 0.25) is 0 Å². The third-order valence-electron chi connectivity index (χ3n) is 2.86. The van der Waals surface area contributed by atoms with Crippen molar-refractivity contribution in [2.75, 3.05) is 19.7 Å². The quantitative estimate of drug-likeness (QED) is 0.215. The van der Waals surface area contributed by atoms with Crippen molar-refractivity contribution in [1.82, 2.24) is 5.32 Å². The van der Waals surface area contributed by atoms with E-state index < -0.39 is 0 Å². The van der Waals surface area contributed by atoms with Gasteiger partial charge in [0.15, 0.2) is 0 Å². The summed E-state index contributed by atoms with van der Waals surface area (Å²) in [5.41, 5.74) is 0.105. The summed E-state index contributed by atoms with van der Waals surface area (Å²) in [5, 5.41) is 20.7. The number of ether oxygens (including phenoxy) is 1. The van der Waals surface area contributed by atoms with E-state index in [4.69, 9.17) is 28.4 Å². The molecule has 0 saturated carbocycles. The highest BCUT2D eigenvalue weighted by Gasteiger charge is 2.02. The zero-order valence-electron chi connectivity index (χ0n) is 14.5. The molecule has 0 atom stereocenters. The molecule has 0 heterocycles. The number of nitriles is 2. The van der Waals surface area contributed by atoms with Crippen LogP contribution < -0.4 is 5.32 Å². The molecule has 0 aliphatic rings. The molecular formula is C19H19N5O2. The van der Waals surface area contributed by atoms with Gasteiger partial charge < -0.3 is 10.1 Å². The van der Waals surface area contributed by atoms with Gasteiger partial charge in [-0.25, -0.2) is 20.2 Å². The van der Waals surface area contributed by atoms with Gasteiger partial charge in [0, 0.05) is 13.0 Å². The Balaban J connectivity index is 4.81. The summed E-state index contributed by atoms with van der Waals surface area (Å²) < 4.78 is 5.03. The van der Waals surface area contributed by atoms with Crippen molar-refractivity contribution in [2.24, 2.45) is 0 Å². The number of nitrogens with zero attached hydrogens (tertiary/aromatic N) is 4. The number of allylic oxidation sites excluding steroid dienone is 8. The van der Waals surface area contributed by atoms with Gasteiger partial charge in [-0.05, 0) is 24.6 Å². The molecule has 1 N–H and O–H groups in total. The van der Waals surface area contributed by atoms with Crippen molar-refractivity contribution in [3.8, 4) is 12.1 Å². The molecule has 0 aliphatic heterocycles. The van der Waals surface area contributed by atoms with E-state index in [0.29, 0.717) is 25.1 Å². The summed E-state index contributed by atoms with van der Waals surface area (Å²) in [6, 6.07) is 3.50. The van der Waals surface area contributed by atoms with Gasteiger partial charge >= 0.3 is 5.97 Å². The van der Waals surface area contributed by atoms with Crippen LogP contribution in [0.15, 0.2) is 47.3 Å². The SMILES string of the molecule is [C-]#[N+]/C(C#N)=C/C=C/C(/C=C/CCC(=O)OCCNCC)=C(\C#N)[N+]#[C-]. The lowest BCUT2D eigenvalue weighted by Crippen LogP contribution is -2.20. The third kappa shape index (κ3) is 10.2. The summed E-state index contributed by atoms with van der Waals surface area (Å²) in [6.45, 7) is 17.5. The predicted octanol–water partition coefficient (Wildman–Crippen LogP) is 3.06. The standard InChI is InChI=1S/C19H19N5O2/c1-4-24-12-13-26-19(25)11-6-5-8-16(18(15-21)23-3)9-7-10-17(14-20)22-2/h5,7-10,24H,4,6,11-13H2,1H3/b8-5+,9-7+,17-10+,18-16+. The van der Waals surface area contributed by atoms with Gasteiger partial charge in [0.05, 0.1) is 25.3 Å². The molecule has 132 valence electrons. The molecule has 0 fully saturated rings. The number of rotatable bonds is 10. The van der Waals surface area contributed by atoms with Gasteiger partial charge in [-0.1, -0.05) is 31.2 Å². The first-order valence-corrected chi connectivity index (χ1v) is 7.83. The highest BCUT2D eigenvalue weighted by molar-refractivity contribution is 5.69. The van der Waals surface area contributed by atoms with Gasteiger partial charge in [0.2, 0.25) is 0 Å². The Morgan fingerprint density at radius 2 is 2.00 bits per heavy atom. The molecule has 0 radical (unpaired) electrons. The Morgan fingerprint density at radius 1 is 1.23 bits per heavy atom. The molecule has 7 heteroatoms. The fourth-order valence-corrected chi connectivity index (χ4v) is 1.61. The second kappa shape index (κ2) is 14.9. The van der Waals surface area contributed by atoms with Gasteiger partial charge in [-0.15, -0.1) is 0 Å². The van der Waals surface area contributed by atoms with Gasteiger partial charge in [-0.3, -0.25) is 4.79 Å². The maximum atomic E-state index is 11.5. The van der Waals surface area contributed by atoms with Crippen LogP contribution in [0.3, 0.4) is 0 Å². The van der Waals surface area contributed by atoms with Crippen molar-refractivity contribution < 1.29 is 9.53 Å². The number of carbonyl (C=O) groups excluding carboxylic acids is 1. The van der Waals surface area contributed by atoms with E-state index in [-0.39, 0.29) is 23.8 Å². The lowest BCUT2D eigenvalue weighted by molar-refractivity contribution is -0.143. The summed E-state index contributed by atoms with van der Waals surface area (Å²) in [7, 11) is 0. The van der Waals surface area contributed by atoms with E-state index in [1.807, 2.05) is 6.92 Å². The highest BCUT2D eigenvalue weighted by atomic mass is 16.5. The molecule has 0 aromatic rings. The first-order chi connectivity index (χ1) is 12.6. The number of carbonyl (C=O) groups is 1. The average molecular weight is 349 g/mol. The molecule has 0 saturated heterocycles. The van der Waals surface area contributed by atoms with E-state index >= 15 is 0 Å². The fourth-order valence-electron chi connectivity index (χ4n) is 1.61. The molecular weight excluding hydrogens is 330 g/mol. The smallest absolute Gasteiger partial charge is 0.306 e. The number of hydrogen-bond donors (Lipinski definition) is 1. The van der Waals surface area contributed by atoms with E-state index in [2.05, 4.69) is 15.0 Å². The molecule has 0 aliphatic carbocycles. The normalized spacial score (nSPS) is 12.0. The minimum absolute atomic E-state index is 0.105. The zero-order chi connectivity index (χ0) is 19.6. The van der Waals surface area contributed by atoms with Crippen LogP contribution in [0.5, 0.6) is 0 Å². The Hall–Kier alpha value is -3.65. The van der Waals surface area contributed by atoms with Gasteiger partial charge in [-0.2, -0.15) is 0 Å². The third-order valence-corrected chi connectivity index (χ3v) is 2.86. The fraction of sp³-hybridized carbons (Fsp3) is 0.316. The maximum Gasteiger partial charge on any atom is 0.306 e. The van der Waals surface area contributed by atoms with Crippen molar-refractivity contribution in [2.45, 2.75) is 19.8 Å². The predicted molar refractivity (Wildman–Crippen MR) is 96.6 cm³/mol. The van der Waals surface area contributed by atoms with Crippen LogP contribution in [0.1, 0.15) is 19.8 Å². The average Bonchev–Trinajstić information content (AvgIpc) is 2.66. The molecule has 0 aromatic heterocycles. The Kier molecular flexibility index (Phi) is 12.8. The summed E-state index contributed by atoms with van der Waals surface area (Å²) in [5.74, 6) is -0.321. The van der Waals surface area contributed by atoms with E-state index in [9.17, 15) is 4.79 Å². The lowest BCUT2D eigenvalue weighted by atomic mass is 10.1. The molecule has 0 unspecified atom stereocenters. The first kappa shape index (κ1) is 22.4. The van der Waals surface area contributed by atoms with Gasteiger partial charge in [0.1, 0.15) is 6.61 Å². The number of hydrogen-bond acceptors (Lipinski definition) is 5. The molecule has 7 nitrogen and oxygen atoms in total. The van der Waals surface area contributed by atoms with Crippen LogP contribution in [-0.2, 0) is 9.53 Å². The Labute approximate surface area is 153 Å². The second-order valence-corrected chi connectivity index (χ2v) is 4.68. The van der Waals surface area contributed by atoms with Crippen LogP contribution in [0.4, 0.5) is 0 Å². The molecule has 26 heavy (non-hydrogen) atoms. The molecule has 0 rings (SSSR count). The van der Waals surface area contributed by atoms with Gasteiger partial charge in [0.25, 0.3) is 11.4 Å². The molecule has 0 aromatic carbocycles. The Bertz CT molecular complexity index is 730. The monoisotopic (exact) mass is 349 g/mol. The first-order valence-electron chi connectivity index (χ1n) is 7.83. The summed E-state index contributed by atoms with van der Waals surface area (Å²) >= 11 is 0. The molecule has 0 bridgehead atoms. The molecule has 0 amide bonds. The number of nitrogens with one attached hydrogen (secondary N) is 1. The lowest BCUT2D eigenvalue weighted by Gasteiger charge is -2.03. The van der Waals surface area contributed by atoms with Crippen LogP contribution in [0.25, 0.3) is 9.69 Å². The minimum atomic E-state index is -0.321. The number of likely N-dealkylation sites (N-methyl/N-ethyl adjacent to an activating group) is 1. The van der Waals surface area contributed by atoms with Crippen LogP contribution in [0, 0.1) is 35.8 Å². The van der Waals surface area contributed by atoms with Crippen LogP contribution in [-0.4, -0.2) is 25.7 Å².